The molecule has 0 spiro atoms. The topological polar surface area (TPSA) is 32.8 Å². The second-order valence-corrected chi connectivity index (χ2v) is 9.12. The van der Waals surface area contributed by atoms with Crippen LogP contribution in [0.5, 0.6) is 0 Å². The molecule has 1 amide bonds. The summed E-state index contributed by atoms with van der Waals surface area (Å²) in [6.07, 6.45) is 0.405. The lowest BCUT2D eigenvalue weighted by Gasteiger charge is -2.36. The highest BCUT2D eigenvalue weighted by Gasteiger charge is 2.24. The van der Waals surface area contributed by atoms with E-state index in [0.29, 0.717) is 13.0 Å². The molecule has 0 saturated carbocycles. The Balaban J connectivity index is 1.35. The molecule has 3 aromatic rings. The molecule has 1 aliphatic heterocycles. The maximum absolute atomic E-state index is 12.7. The molecule has 1 heterocycles. The van der Waals surface area contributed by atoms with Gasteiger partial charge in [0, 0.05) is 37.7 Å². The fourth-order valence-corrected chi connectivity index (χ4v) is 4.35. The average Bonchev–Trinajstić information content (AvgIpc) is 2.83. The molecule has 0 bridgehead atoms. The predicted molar refractivity (Wildman–Crippen MR) is 133 cm³/mol. The van der Waals surface area contributed by atoms with Gasteiger partial charge >= 0.3 is 0 Å². The molecule has 0 aliphatic carbocycles. The predicted octanol–water partition coefficient (Wildman–Crippen LogP) is 5.29. The summed E-state index contributed by atoms with van der Waals surface area (Å²) < 4.78 is 6.40. The van der Waals surface area contributed by atoms with Gasteiger partial charge in [-0.3, -0.25) is 9.69 Å². The van der Waals surface area contributed by atoms with Crippen LogP contribution < -0.4 is 0 Å². The molecule has 33 heavy (non-hydrogen) atoms. The maximum Gasteiger partial charge on any atom is 0.227 e. The minimum atomic E-state index is -0.0608. The van der Waals surface area contributed by atoms with Gasteiger partial charge < -0.3 is 9.64 Å². The molecule has 0 N–H and O–H groups in total. The molecule has 3 aromatic carbocycles. The van der Waals surface area contributed by atoms with Crippen molar-refractivity contribution in [3.05, 3.63) is 106 Å². The van der Waals surface area contributed by atoms with Gasteiger partial charge in [-0.15, -0.1) is 0 Å². The first-order chi connectivity index (χ1) is 16.1. The summed E-state index contributed by atoms with van der Waals surface area (Å²) in [6, 6.07) is 26.3. The number of nitrogens with zero attached hydrogens (tertiary/aromatic N) is 2. The maximum atomic E-state index is 12.7. The molecule has 1 fully saturated rings. The zero-order chi connectivity index (χ0) is 23.0. The fourth-order valence-electron chi connectivity index (χ4n) is 4.23. The number of ether oxygens (including phenoxy) is 1. The lowest BCUT2D eigenvalue weighted by Crippen LogP contribution is -2.50. The third-order valence-corrected chi connectivity index (χ3v) is 6.37. The van der Waals surface area contributed by atoms with Crippen LogP contribution in [0.2, 0.25) is 5.02 Å². The third-order valence-electron chi connectivity index (χ3n) is 6.12. The summed E-state index contributed by atoms with van der Waals surface area (Å²) in [5, 5.41) is 0.724. The van der Waals surface area contributed by atoms with E-state index >= 15 is 0 Å². The monoisotopic (exact) mass is 462 g/mol. The number of hydrogen-bond acceptors (Lipinski definition) is 3. The van der Waals surface area contributed by atoms with Gasteiger partial charge in [-0.1, -0.05) is 83.9 Å². The highest BCUT2D eigenvalue weighted by Crippen LogP contribution is 2.23. The number of piperazine rings is 1. The van der Waals surface area contributed by atoms with Crippen LogP contribution in [0.1, 0.15) is 28.4 Å². The van der Waals surface area contributed by atoms with Gasteiger partial charge in [0.25, 0.3) is 0 Å². The van der Waals surface area contributed by atoms with Crippen LogP contribution in [-0.2, 0) is 22.6 Å². The first kappa shape index (κ1) is 23.5. The fraction of sp³-hybridized carbons (Fsp3) is 0.321. The largest absolute Gasteiger partial charge is 0.368 e. The summed E-state index contributed by atoms with van der Waals surface area (Å²) in [6.45, 7) is 6.63. The van der Waals surface area contributed by atoms with Crippen molar-refractivity contribution in [3.63, 3.8) is 0 Å². The first-order valence-electron chi connectivity index (χ1n) is 11.5. The van der Waals surface area contributed by atoms with Crippen LogP contribution in [0.15, 0.2) is 78.9 Å². The molecule has 1 saturated heterocycles. The molecule has 4 rings (SSSR count). The Morgan fingerprint density at radius 1 is 0.909 bits per heavy atom. The summed E-state index contributed by atoms with van der Waals surface area (Å²) >= 11 is 6.11. The van der Waals surface area contributed by atoms with Crippen LogP contribution in [-0.4, -0.2) is 48.4 Å². The molecule has 0 radical (unpaired) electrons. The minimum Gasteiger partial charge on any atom is -0.368 e. The smallest absolute Gasteiger partial charge is 0.227 e. The van der Waals surface area contributed by atoms with Gasteiger partial charge in [0.2, 0.25) is 5.91 Å². The Morgan fingerprint density at radius 2 is 1.61 bits per heavy atom. The zero-order valence-electron chi connectivity index (χ0n) is 19.1. The summed E-state index contributed by atoms with van der Waals surface area (Å²) in [7, 11) is 0. The van der Waals surface area contributed by atoms with Gasteiger partial charge in [-0.25, -0.2) is 0 Å². The number of aryl methyl sites for hydroxylation is 1. The molecule has 172 valence electrons. The van der Waals surface area contributed by atoms with Crippen molar-refractivity contribution in [1.29, 1.82) is 0 Å². The van der Waals surface area contributed by atoms with Crippen molar-refractivity contribution < 1.29 is 9.53 Å². The summed E-state index contributed by atoms with van der Waals surface area (Å²) in [5.74, 6) is 0.200. The van der Waals surface area contributed by atoms with Crippen molar-refractivity contribution in [2.75, 3.05) is 32.7 Å². The van der Waals surface area contributed by atoms with Crippen molar-refractivity contribution >= 4 is 17.5 Å². The van der Waals surface area contributed by atoms with E-state index in [1.807, 2.05) is 59.5 Å². The van der Waals surface area contributed by atoms with Crippen LogP contribution in [0.3, 0.4) is 0 Å². The Hall–Kier alpha value is -2.66. The Morgan fingerprint density at radius 3 is 2.30 bits per heavy atom. The van der Waals surface area contributed by atoms with E-state index in [4.69, 9.17) is 16.3 Å². The Bertz CT molecular complexity index is 1030. The van der Waals surface area contributed by atoms with Gasteiger partial charge in [0.15, 0.2) is 0 Å². The number of carbonyl (C=O) groups is 1. The van der Waals surface area contributed by atoms with E-state index < -0.39 is 0 Å². The number of rotatable bonds is 8. The minimum absolute atomic E-state index is 0.0608. The number of benzene rings is 3. The third kappa shape index (κ3) is 6.91. The van der Waals surface area contributed by atoms with E-state index in [1.54, 1.807) is 0 Å². The molecule has 1 aliphatic rings. The van der Waals surface area contributed by atoms with Gasteiger partial charge in [-0.05, 0) is 35.7 Å². The first-order valence-corrected chi connectivity index (χ1v) is 11.9. The van der Waals surface area contributed by atoms with Crippen molar-refractivity contribution in [3.8, 4) is 0 Å². The standard InChI is InChI=1S/C28H31ClN2O2/c1-22-6-5-9-24(18-22)21-33-27(25-10-12-26(29)13-11-25)20-30-14-16-31(17-15-30)28(32)19-23-7-3-2-4-8-23/h2-13,18,27H,14-17,19-21H2,1H3. The molecule has 1 atom stereocenters. The van der Waals surface area contributed by atoms with Crippen molar-refractivity contribution in [2.24, 2.45) is 0 Å². The number of amides is 1. The lowest BCUT2D eigenvalue weighted by atomic mass is 10.1. The Kier molecular flexibility index (Phi) is 8.16. The van der Waals surface area contributed by atoms with Crippen LogP contribution in [0.4, 0.5) is 0 Å². The highest BCUT2D eigenvalue weighted by molar-refractivity contribution is 6.30. The van der Waals surface area contributed by atoms with E-state index in [2.05, 4.69) is 36.1 Å². The second-order valence-electron chi connectivity index (χ2n) is 8.68. The van der Waals surface area contributed by atoms with Crippen molar-refractivity contribution in [1.82, 2.24) is 9.80 Å². The SMILES string of the molecule is Cc1cccc(COC(CN2CCN(C(=O)Cc3ccccc3)CC2)c2ccc(Cl)cc2)c1. The number of carbonyl (C=O) groups excluding carboxylic acids is 1. The van der Waals surface area contributed by atoms with Gasteiger partial charge in [0.1, 0.15) is 0 Å². The van der Waals surface area contributed by atoms with Gasteiger partial charge in [-0.2, -0.15) is 0 Å². The molecule has 0 aromatic heterocycles. The molecule has 4 nitrogen and oxygen atoms in total. The zero-order valence-corrected chi connectivity index (χ0v) is 19.9. The molecule has 1 unspecified atom stereocenters. The quantitative estimate of drug-likeness (QED) is 0.455. The lowest BCUT2D eigenvalue weighted by molar-refractivity contribution is -0.132. The van der Waals surface area contributed by atoms with Crippen molar-refractivity contribution in [2.45, 2.75) is 26.1 Å². The highest BCUT2D eigenvalue weighted by atomic mass is 35.5. The van der Waals surface area contributed by atoms with E-state index in [0.717, 1.165) is 48.9 Å². The van der Waals surface area contributed by atoms with Crippen LogP contribution >= 0.6 is 11.6 Å². The summed E-state index contributed by atoms with van der Waals surface area (Å²) in [4.78, 5) is 17.1. The molecular weight excluding hydrogens is 432 g/mol. The number of hydrogen-bond donors (Lipinski definition) is 0. The Labute approximate surface area is 201 Å². The van der Waals surface area contributed by atoms with E-state index in [9.17, 15) is 4.79 Å². The van der Waals surface area contributed by atoms with E-state index in [-0.39, 0.29) is 12.0 Å². The summed E-state index contributed by atoms with van der Waals surface area (Å²) in [5.41, 5.74) is 4.59. The normalized spacial score (nSPS) is 15.4. The average molecular weight is 463 g/mol. The second kappa shape index (κ2) is 11.5. The number of halogens is 1. The van der Waals surface area contributed by atoms with Gasteiger partial charge in [0.05, 0.1) is 19.1 Å². The van der Waals surface area contributed by atoms with E-state index in [1.165, 1.54) is 11.1 Å². The molecular formula is C28H31ClN2O2. The molecule has 5 heteroatoms. The van der Waals surface area contributed by atoms with Crippen LogP contribution in [0.25, 0.3) is 0 Å². The van der Waals surface area contributed by atoms with Crippen LogP contribution in [0, 0.1) is 6.92 Å².